The lowest BCUT2D eigenvalue weighted by molar-refractivity contribution is -0.147. The number of amides is 1. The molecule has 1 aliphatic carbocycles. The molecule has 1 fully saturated rings. The molecule has 0 saturated heterocycles. The van der Waals surface area contributed by atoms with Gasteiger partial charge in [0.15, 0.2) is 0 Å². The summed E-state index contributed by atoms with van der Waals surface area (Å²) in [5.74, 6) is -1.55. The van der Waals surface area contributed by atoms with E-state index < -0.39 is 23.5 Å². The van der Waals surface area contributed by atoms with Crippen molar-refractivity contribution in [2.45, 2.75) is 51.1 Å². The largest absolute Gasteiger partial charge is 0.481 e. The van der Waals surface area contributed by atoms with Crippen LogP contribution in [0.3, 0.4) is 0 Å². The van der Waals surface area contributed by atoms with Crippen LogP contribution in [0.2, 0.25) is 0 Å². The Kier molecular flexibility index (Phi) is 4.11. The number of hydrogen-bond acceptors (Lipinski definition) is 3. The highest BCUT2D eigenvalue weighted by Crippen LogP contribution is 2.34. The van der Waals surface area contributed by atoms with Crippen LogP contribution in [0.5, 0.6) is 0 Å². The molecule has 0 radical (unpaired) electrons. The number of rotatable bonds is 4. The van der Waals surface area contributed by atoms with Crippen molar-refractivity contribution < 1.29 is 14.7 Å². The van der Waals surface area contributed by atoms with Gasteiger partial charge in [-0.1, -0.05) is 12.8 Å². The van der Waals surface area contributed by atoms with Crippen molar-refractivity contribution in [2.24, 2.45) is 5.92 Å². The monoisotopic (exact) mass is 279 g/mol. The summed E-state index contributed by atoms with van der Waals surface area (Å²) in [5.41, 5.74) is -0.678. The Hall–Kier alpha value is -1.85. The average Bonchev–Trinajstić information content (AvgIpc) is 2.91. The predicted molar refractivity (Wildman–Crippen MR) is 73.1 cm³/mol. The zero-order chi connectivity index (χ0) is 14.8. The van der Waals surface area contributed by atoms with Crippen LogP contribution in [0.4, 0.5) is 0 Å². The molecule has 1 aromatic heterocycles. The third-order valence-electron chi connectivity index (χ3n) is 4.22. The maximum absolute atomic E-state index is 12.3. The van der Waals surface area contributed by atoms with Crippen molar-refractivity contribution in [2.75, 3.05) is 0 Å². The van der Waals surface area contributed by atoms with Gasteiger partial charge in [0.1, 0.15) is 6.04 Å². The van der Waals surface area contributed by atoms with E-state index in [1.165, 1.54) is 0 Å². The van der Waals surface area contributed by atoms with Crippen LogP contribution in [0.25, 0.3) is 0 Å². The Morgan fingerprint density at radius 1 is 1.50 bits per heavy atom. The van der Waals surface area contributed by atoms with Gasteiger partial charge >= 0.3 is 5.97 Å². The molecule has 0 aliphatic heterocycles. The number of nitrogens with zero attached hydrogens (tertiary/aromatic N) is 2. The van der Waals surface area contributed by atoms with E-state index in [0.717, 1.165) is 12.8 Å². The van der Waals surface area contributed by atoms with Crippen molar-refractivity contribution in [3.63, 3.8) is 0 Å². The molecule has 3 atom stereocenters. The van der Waals surface area contributed by atoms with Gasteiger partial charge in [0.2, 0.25) is 5.91 Å². The first-order valence-electron chi connectivity index (χ1n) is 6.98. The first-order valence-corrected chi connectivity index (χ1v) is 6.98. The molecular weight excluding hydrogens is 258 g/mol. The molecule has 6 nitrogen and oxygen atoms in total. The molecule has 6 heteroatoms. The molecule has 3 unspecified atom stereocenters. The fraction of sp³-hybridized carbons (Fsp3) is 0.643. The third kappa shape index (κ3) is 2.84. The smallest absolute Gasteiger partial charge is 0.308 e. The topological polar surface area (TPSA) is 84.2 Å². The van der Waals surface area contributed by atoms with Crippen LogP contribution >= 0.6 is 0 Å². The highest BCUT2D eigenvalue weighted by molar-refractivity contribution is 5.82. The van der Waals surface area contributed by atoms with Gasteiger partial charge in [-0.3, -0.25) is 14.3 Å². The number of hydrogen-bond donors (Lipinski definition) is 2. The second-order valence-electron chi connectivity index (χ2n) is 5.71. The quantitative estimate of drug-likeness (QED) is 0.876. The van der Waals surface area contributed by atoms with Crippen molar-refractivity contribution in [3.05, 3.63) is 18.5 Å². The normalized spacial score (nSPS) is 27.8. The average molecular weight is 279 g/mol. The maximum atomic E-state index is 12.3. The highest BCUT2D eigenvalue weighted by Gasteiger charge is 2.42. The summed E-state index contributed by atoms with van der Waals surface area (Å²) in [7, 11) is 0. The van der Waals surface area contributed by atoms with Gasteiger partial charge < -0.3 is 10.4 Å². The van der Waals surface area contributed by atoms with Gasteiger partial charge in [-0.15, -0.1) is 0 Å². The Morgan fingerprint density at radius 3 is 2.85 bits per heavy atom. The molecule has 2 N–H and O–H groups in total. The first-order chi connectivity index (χ1) is 9.44. The number of nitrogens with one attached hydrogen (secondary N) is 1. The van der Waals surface area contributed by atoms with Gasteiger partial charge in [-0.05, 0) is 32.8 Å². The fourth-order valence-electron chi connectivity index (χ4n) is 2.89. The standard InChI is InChI=1S/C14H21N3O3/c1-10(17-9-5-8-15-17)12(18)16-14(2)7-4-3-6-11(14)13(19)20/h5,8-11H,3-4,6-7H2,1-2H3,(H,16,18)(H,19,20). The van der Waals surface area contributed by atoms with E-state index >= 15 is 0 Å². The molecule has 110 valence electrons. The zero-order valence-electron chi connectivity index (χ0n) is 11.9. The number of aliphatic carboxylic acids is 1. The van der Waals surface area contributed by atoms with Gasteiger partial charge in [-0.25, -0.2) is 0 Å². The lowest BCUT2D eigenvalue weighted by Crippen LogP contribution is -2.56. The van der Waals surface area contributed by atoms with Crippen molar-refractivity contribution in [3.8, 4) is 0 Å². The number of carboxylic acid groups (broad SMARTS) is 1. The van der Waals surface area contributed by atoms with E-state index in [1.807, 2.05) is 6.92 Å². The minimum Gasteiger partial charge on any atom is -0.481 e. The summed E-state index contributed by atoms with van der Waals surface area (Å²) in [6, 6.07) is 1.31. The lowest BCUT2D eigenvalue weighted by Gasteiger charge is -2.40. The van der Waals surface area contributed by atoms with Gasteiger partial charge in [0.05, 0.1) is 11.5 Å². The van der Waals surface area contributed by atoms with Gasteiger partial charge in [-0.2, -0.15) is 5.10 Å². The van der Waals surface area contributed by atoms with Crippen molar-refractivity contribution >= 4 is 11.9 Å². The van der Waals surface area contributed by atoms with Crippen LogP contribution in [0, 0.1) is 5.92 Å². The molecule has 0 aromatic carbocycles. The first kappa shape index (κ1) is 14.6. The fourth-order valence-corrected chi connectivity index (χ4v) is 2.89. The Bertz CT molecular complexity index is 486. The van der Waals surface area contributed by atoms with Gasteiger partial charge in [0.25, 0.3) is 0 Å². The number of carbonyl (C=O) groups is 2. The zero-order valence-corrected chi connectivity index (χ0v) is 11.9. The molecule has 1 aliphatic rings. The summed E-state index contributed by atoms with van der Waals surface area (Å²) >= 11 is 0. The summed E-state index contributed by atoms with van der Waals surface area (Å²) in [6.45, 7) is 3.59. The van der Waals surface area contributed by atoms with Crippen LogP contribution in [-0.2, 0) is 9.59 Å². The molecule has 1 aromatic rings. The second-order valence-corrected chi connectivity index (χ2v) is 5.71. The SMILES string of the molecule is CC(C(=O)NC1(C)CCCCC1C(=O)O)n1cccn1. The molecule has 20 heavy (non-hydrogen) atoms. The summed E-state index contributed by atoms with van der Waals surface area (Å²) in [4.78, 5) is 23.7. The predicted octanol–water partition coefficient (Wildman–Crippen LogP) is 1.59. The van der Waals surface area contributed by atoms with Crippen LogP contribution in [0.1, 0.15) is 45.6 Å². The third-order valence-corrected chi connectivity index (χ3v) is 4.22. The van der Waals surface area contributed by atoms with E-state index in [-0.39, 0.29) is 5.91 Å². The molecule has 0 spiro atoms. The lowest BCUT2D eigenvalue weighted by atomic mass is 9.73. The minimum atomic E-state index is -0.834. The summed E-state index contributed by atoms with van der Waals surface area (Å²) in [5, 5.41) is 16.3. The molecule has 1 heterocycles. The van der Waals surface area contributed by atoms with E-state index in [4.69, 9.17) is 0 Å². The van der Waals surface area contributed by atoms with Crippen molar-refractivity contribution in [1.82, 2.24) is 15.1 Å². The van der Waals surface area contributed by atoms with Crippen LogP contribution in [0.15, 0.2) is 18.5 Å². The molecule has 1 amide bonds. The minimum absolute atomic E-state index is 0.190. The number of aromatic nitrogens is 2. The molecule has 2 rings (SSSR count). The van der Waals surface area contributed by atoms with Crippen LogP contribution < -0.4 is 5.32 Å². The summed E-state index contributed by atoms with van der Waals surface area (Å²) < 4.78 is 1.57. The number of carboxylic acids is 1. The molecular formula is C14H21N3O3. The van der Waals surface area contributed by atoms with E-state index in [2.05, 4.69) is 10.4 Å². The highest BCUT2D eigenvalue weighted by atomic mass is 16.4. The molecule has 1 saturated carbocycles. The molecule has 0 bridgehead atoms. The number of carbonyl (C=O) groups excluding carboxylic acids is 1. The van der Waals surface area contributed by atoms with E-state index in [9.17, 15) is 14.7 Å². The Morgan fingerprint density at radius 2 is 2.25 bits per heavy atom. The Balaban J connectivity index is 2.10. The second kappa shape index (κ2) is 5.64. The Labute approximate surface area is 118 Å². The van der Waals surface area contributed by atoms with Crippen molar-refractivity contribution in [1.29, 1.82) is 0 Å². The summed E-state index contributed by atoms with van der Waals surface area (Å²) in [6.07, 6.45) is 6.49. The van der Waals surface area contributed by atoms with Gasteiger partial charge in [0, 0.05) is 12.4 Å². The van der Waals surface area contributed by atoms with Crippen LogP contribution in [-0.4, -0.2) is 32.3 Å². The van der Waals surface area contributed by atoms with E-state index in [1.54, 1.807) is 30.1 Å². The maximum Gasteiger partial charge on any atom is 0.308 e. The van der Waals surface area contributed by atoms with E-state index in [0.29, 0.717) is 12.8 Å².